The summed E-state index contributed by atoms with van der Waals surface area (Å²) >= 11 is 0. The van der Waals surface area contributed by atoms with Crippen LogP contribution < -0.4 is 0 Å². The van der Waals surface area contributed by atoms with Crippen molar-refractivity contribution in [1.29, 1.82) is 0 Å². The topological polar surface area (TPSA) is 66.8 Å². The van der Waals surface area contributed by atoms with E-state index in [-0.39, 0.29) is 12.0 Å². The van der Waals surface area contributed by atoms with Gasteiger partial charge in [-0.15, -0.1) is 0 Å². The average molecular weight is 202 g/mol. The molecule has 14 heavy (non-hydrogen) atoms. The van der Waals surface area contributed by atoms with E-state index in [9.17, 15) is 4.79 Å². The summed E-state index contributed by atoms with van der Waals surface area (Å²) in [5.74, 6) is -0.889. The van der Waals surface area contributed by atoms with E-state index in [2.05, 4.69) is 0 Å². The Morgan fingerprint density at radius 2 is 2.00 bits per heavy atom. The molecule has 0 aromatic rings. The van der Waals surface area contributed by atoms with Gasteiger partial charge in [-0.3, -0.25) is 4.79 Å². The van der Waals surface area contributed by atoms with Gasteiger partial charge in [-0.2, -0.15) is 0 Å². The Hall–Kier alpha value is -0.610. The number of aliphatic carboxylic acids is 1. The molecule has 1 saturated carbocycles. The normalized spacial score (nSPS) is 29.9. The lowest BCUT2D eigenvalue weighted by Crippen LogP contribution is -2.27. The van der Waals surface area contributed by atoms with E-state index in [1.165, 1.54) is 0 Å². The monoisotopic (exact) mass is 202 g/mol. The number of ether oxygens (including phenoxy) is 1. The standard InChI is InChI=1S/C10H18O4/c1-7(11)6-14-9-4-2-8(3-5-9)10(12)13/h7-9,11H,2-6H2,1H3,(H,12,13). The predicted molar refractivity (Wildman–Crippen MR) is 51.0 cm³/mol. The van der Waals surface area contributed by atoms with Gasteiger partial charge in [0.15, 0.2) is 0 Å². The smallest absolute Gasteiger partial charge is 0.306 e. The molecule has 0 radical (unpaired) electrons. The van der Waals surface area contributed by atoms with Crippen LogP contribution in [0.25, 0.3) is 0 Å². The molecule has 0 aliphatic heterocycles. The van der Waals surface area contributed by atoms with Gasteiger partial charge >= 0.3 is 5.97 Å². The minimum atomic E-state index is -0.695. The van der Waals surface area contributed by atoms with Gasteiger partial charge in [0.1, 0.15) is 0 Å². The molecule has 2 N–H and O–H groups in total. The quantitative estimate of drug-likeness (QED) is 0.714. The molecule has 0 amide bonds. The predicted octanol–water partition coefficient (Wildman–Crippen LogP) is 1.03. The second kappa shape index (κ2) is 5.32. The van der Waals surface area contributed by atoms with Crippen molar-refractivity contribution in [2.45, 2.75) is 44.8 Å². The molecule has 1 unspecified atom stereocenters. The Kier molecular flexibility index (Phi) is 4.35. The zero-order valence-electron chi connectivity index (χ0n) is 8.48. The van der Waals surface area contributed by atoms with Gasteiger partial charge in [0.05, 0.1) is 24.7 Å². The Bertz CT molecular complexity index is 183. The number of hydrogen-bond acceptors (Lipinski definition) is 3. The summed E-state index contributed by atoms with van der Waals surface area (Å²) in [4.78, 5) is 10.6. The minimum Gasteiger partial charge on any atom is -0.481 e. The van der Waals surface area contributed by atoms with Crippen LogP contribution in [0.5, 0.6) is 0 Å². The van der Waals surface area contributed by atoms with Crippen LogP contribution in [0.3, 0.4) is 0 Å². The summed E-state index contributed by atoms with van der Waals surface area (Å²) in [7, 11) is 0. The molecule has 0 aromatic carbocycles. The molecular formula is C10H18O4. The van der Waals surface area contributed by atoms with Gasteiger partial charge in [-0.25, -0.2) is 0 Å². The molecule has 1 fully saturated rings. The van der Waals surface area contributed by atoms with Gasteiger partial charge in [-0.05, 0) is 32.6 Å². The zero-order valence-corrected chi connectivity index (χ0v) is 8.48. The van der Waals surface area contributed by atoms with Crippen molar-refractivity contribution in [1.82, 2.24) is 0 Å². The largest absolute Gasteiger partial charge is 0.481 e. The fraction of sp³-hybridized carbons (Fsp3) is 0.900. The Morgan fingerprint density at radius 3 is 2.43 bits per heavy atom. The van der Waals surface area contributed by atoms with Gasteiger partial charge in [0.25, 0.3) is 0 Å². The van der Waals surface area contributed by atoms with Crippen molar-refractivity contribution < 1.29 is 19.7 Å². The first-order valence-electron chi connectivity index (χ1n) is 5.12. The van der Waals surface area contributed by atoms with Crippen molar-refractivity contribution >= 4 is 5.97 Å². The molecule has 0 heterocycles. The van der Waals surface area contributed by atoms with Crippen LogP contribution in [-0.4, -0.2) is 35.0 Å². The second-order valence-electron chi connectivity index (χ2n) is 3.99. The molecule has 1 aliphatic rings. The van der Waals surface area contributed by atoms with E-state index < -0.39 is 12.1 Å². The first-order valence-corrected chi connectivity index (χ1v) is 5.12. The van der Waals surface area contributed by atoms with Crippen molar-refractivity contribution in [3.05, 3.63) is 0 Å². The number of aliphatic hydroxyl groups is 1. The van der Waals surface area contributed by atoms with Crippen LogP contribution in [0.1, 0.15) is 32.6 Å². The summed E-state index contributed by atoms with van der Waals surface area (Å²) in [5.41, 5.74) is 0. The first kappa shape index (κ1) is 11.5. The fourth-order valence-electron chi connectivity index (χ4n) is 1.75. The number of carboxylic acids is 1. The molecule has 0 spiro atoms. The van der Waals surface area contributed by atoms with Crippen LogP contribution in [0.15, 0.2) is 0 Å². The highest BCUT2D eigenvalue weighted by Crippen LogP contribution is 2.26. The van der Waals surface area contributed by atoms with Gasteiger partial charge in [0, 0.05) is 0 Å². The molecule has 4 nitrogen and oxygen atoms in total. The van der Waals surface area contributed by atoms with E-state index in [0.29, 0.717) is 19.4 Å². The highest BCUT2D eigenvalue weighted by atomic mass is 16.5. The molecule has 1 atom stereocenters. The van der Waals surface area contributed by atoms with Crippen LogP contribution in [0.4, 0.5) is 0 Å². The molecule has 0 bridgehead atoms. The van der Waals surface area contributed by atoms with E-state index in [1.54, 1.807) is 6.92 Å². The Labute approximate surface area is 83.9 Å². The summed E-state index contributed by atoms with van der Waals surface area (Å²) in [6, 6.07) is 0. The lowest BCUT2D eigenvalue weighted by Gasteiger charge is -2.26. The van der Waals surface area contributed by atoms with E-state index >= 15 is 0 Å². The molecular weight excluding hydrogens is 184 g/mol. The fourth-order valence-corrected chi connectivity index (χ4v) is 1.75. The van der Waals surface area contributed by atoms with Crippen molar-refractivity contribution in [3.63, 3.8) is 0 Å². The van der Waals surface area contributed by atoms with E-state index in [1.807, 2.05) is 0 Å². The van der Waals surface area contributed by atoms with Crippen LogP contribution >= 0.6 is 0 Å². The third-order valence-corrected chi connectivity index (χ3v) is 2.60. The zero-order chi connectivity index (χ0) is 10.6. The number of hydrogen-bond donors (Lipinski definition) is 2. The van der Waals surface area contributed by atoms with Gasteiger partial charge in [-0.1, -0.05) is 0 Å². The molecule has 82 valence electrons. The third-order valence-electron chi connectivity index (χ3n) is 2.60. The first-order chi connectivity index (χ1) is 6.59. The molecule has 1 aliphatic carbocycles. The molecule has 1 rings (SSSR count). The van der Waals surface area contributed by atoms with Gasteiger partial charge < -0.3 is 14.9 Å². The molecule has 4 heteroatoms. The highest BCUT2D eigenvalue weighted by Gasteiger charge is 2.26. The van der Waals surface area contributed by atoms with Crippen LogP contribution in [0, 0.1) is 5.92 Å². The summed E-state index contributed by atoms with van der Waals surface area (Å²) in [5, 5.41) is 17.8. The maximum absolute atomic E-state index is 10.6. The highest BCUT2D eigenvalue weighted by molar-refractivity contribution is 5.69. The SMILES string of the molecule is CC(O)COC1CCC(C(=O)O)CC1. The van der Waals surface area contributed by atoms with Gasteiger partial charge in [0.2, 0.25) is 0 Å². The lowest BCUT2D eigenvalue weighted by molar-refractivity contribution is -0.144. The molecule has 0 aromatic heterocycles. The Morgan fingerprint density at radius 1 is 1.43 bits per heavy atom. The summed E-state index contributed by atoms with van der Waals surface area (Å²) < 4.78 is 5.43. The number of carbonyl (C=O) groups is 1. The number of aliphatic hydroxyl groups excluding tert-OH is 1. The Balaban J connectivity index is 2.19. The summed E-state index contributed by atoms with van der Waals surface area (Å²) in [6.45, 7) is 2.03. The average Bonchev–Trinajstić information content (AvgIpc) is 2.15. The van der Waals surface area contributed by atoms with Crippen molar-refractivity contribution in [2.24, 2.45) is 5.92 Å². The summed E-state index contributed by atoms with van der Waals surface area (Å²) in [6.07, 6.45) is 2.68. The maximum atomic E-state index is 10.6. The van der Waals surface area contributed by atoms with E-state index in [0.717, 1.165) is 12.8 Å². The lowest BCUT2D eigenvalue weighted by atomic mass is 9.87. The third kappa shape index (κ3) is 3.64. The van der Waals surface area contributed by atoms with Crippen LogP contribution in [-0.2, 0) is 9.53 Å². The van der Waals surface area contributed by atoms with Crippen molar-refractivity contribution in [2.75, 3.05) is 6.61 Å². The van der Waals surface area contributed by atoms with Crippen LogP contribution in [0.2, 0.25) is 0 Å². The molecule has 0 saturated heterocycles. The van der Waals surface area contributed by atoms with E-state index in [4.69, 9.17) is 14.9 Å². The number of rotatable bonds is 4. The van der Waals surface area contributed by atoms with Crippen molar-refractivity contribution in [3.8, 4) is 0 Å². The number of carboxylic acid groups (broad SMARTS) is 1. The minimum absolute atomic E-state index is 0.139. The second-order valence-corrected chi connectivity index (χ2v) is 3.99. The maximum Gasteiger partial charge on any atom is 0.306 e.